The molecule has 0 atom stereocenters. The van der Waals surface area contributed by atoms with Gasteiger partial charge < -0.3 is 24.2 Å². The number of carbonyl (C=O) groups is 1. The summed E-state index contributed by atoms with van der Waals surface area (Å²) in [5, 5.41) is 2.66. The van der Waals surface area contributed by atoms with Crippen LogP contribution in [0.3, 0.4) is 0 Å². The van der Waals surface area contributed by atoms with E-state index in [1.54, 1.807) is 30.3 Å². The van der Waals surface area contributed by atoms with E-state index in [0.717, 1.165) is 0 Å². The molecular formula is C17H15N3O5. The first-order chi connectivity index (χ1) is 12.1. The van der Waals surface area contributed by atoms with E-state index in [1.165, 1.54) is 26.5 Å². The summed E-state index contributed by atoms with van der Waals surface area (Å²) in [7, 11) is 3.02. The number of nitrogens with one attached hydrogen (secondary N) is 2. The van der Waals surface area contributed by atoms with Crippen LogP contribution >= 0.6 is 0 Å². The van der Waals surface area contributed by atoms with E-state index < -0.39 is 11.6 Å². The SMILES string of the molecule is COc1ccc(NC(=O)c2cc(-c3ccco3)[nH]c(=O)n2)cc1OC. The zero-order valence-corrected chi connectivity index (χ0v) is 13.5. The number of nitrogens with zero attached hydrogens (tertiary/aromatic N) is 1. The number of aromatic amines is 1. The second kappa shape index (κ2) is 6.91. The number of amides is 1. The molecule has 0 unspecified atom stereocenters. The molecule has 0 saturated heterocycles. The number of furan rings is 1. The molecule has 1 aromatic carbocycles. The minimum Gasteiger partial charge on any atom is -0.493 e. The number of hydrogen-bond acceptors (Lipinski definition) is 6. The maximum Gasteiger partial charge on any atom is 0.346 e. The highest BCUT2D eigenvalue weighted by molar-refractivity contribution is 6.03. The summed E-state index contributed by atoms with van der Waals surface area (Å²) in [6.07, 6.45) is 1.47. The molecule has 128 valence electrons. The number of H-pyrrole nitrogens is 1. The summed E-state index contributed by atoms with van der Waals surface area (Å²) >= 11 is 0. The van der Waals surface area contributed by atoms with Crippen LogP contribution in [0.2, 0.25) is 0 Å². The molecule has 2 heterocycles. The molecule has 0 bridgehead atoms. The Morgan fingerprint density at radius 1 is 1.16 bits per heavy atom. The molecule has 2 aromatic heterocycles. The summed E-state index contributed by atoms with van der Waals surface area (Å²) in [6.45, 7) is 0. The van der Waals surface area contributed by atoms with Crippen molar-refractivity contribution in [1.29, 1.82) is 0 Å². The molecule has 3 rings (SSSR count). The van der Waals surface area contributed by atoms with Crippen LogP contribution in [0, 0.1) is 0 Å². The van der Waals surface area contributed by atoms with E-state index >= 15 is 0 Å². The Kier molecular flexibility index (Phi) is 4.51. The quantitative estimate of drug-likeness (QED) is 0.737. The van der Waals surface area contributed by atoms with Gasteiger partial charge in [0.1, 0.15) is 11.5 Å². The van der Waals surface area contributed by atoms with Crippen molar-refractivity contribution >= 4 is 11.6 Å². The van der Waals surface area contributed by atoms with Crippen molar-refractivity contribution < 1.29 is 18.7 Å². The number of anilines is 1. The molecule has 8 heteroatoms. The van der Waals surface area contributed by atoms with Crippen LogP contribution in [0.5, 0.6) is 11.5 Å². The monoisotopic (exact) mass is 341 g/mol. The van der Waals surface area contributed by atoms with E-state index in [1.807, 2.05) is 0 Å². The van der Waals surface area contributed by atoms with Crippen molar-refractivity contribution in [3.05, 3.63) is 58.8 Å². The lowest BCUT2D eigenvalue weighted by atomic mass is 10.2. The first-order valence-corrected chi connectivity index (χ1v) is 7.29. The normalized spacial score (nSPS) is 10.3. The summed E-state index contributed by atoms with van der Waals surface area (Å²) in [5.41, 5.74) is 0.156. The Morgan fingerprint density at radius 2 is 1.96 bits per heavy atom. The highest BCUT2D eigenvalue weighted by Gasteiger charge is 2.14. The predicted octanol–water partition coefficient (Wildman–Crippen LogP) is 2.30. The first-order valence-electron chi connectivity index (χ1n) is 7.29. The lowest BCUT2D eigenvalue weighted by Gasteiger charge is -2.10. The van der Waals surface area contributed by atoms with Crippen molar-refractivity contribution in [1.82, 2.24) is 9.97 Å². The molecule has 0 saturated carbocycles. The maximum atomic E-state index is 12.4. The number of methoxy groups -OCH3 is 2. The van der Waals surface area contributed by atoms with E-state index in [0.29, 0.717) is 28.6 Å². The van der Waals surface area contributed by atoms with Crippen LogP contribution in [0.4, 0.5) is 5.69 Å². The van der Waals surface area contributed by atoms with Crippen LogP contribution in [0.25, 0.3) is 11.5 Å². The van der Waals surface area contributed by atoms with Crippen LogP contribution in [-0.2, 0) is 0 Å². The molecular weight excluding hydrogens is 326 g/mol. The third kappa shape index (κ3) is 3.52. The molecule has 3 aromatic rings. The molecule has 8 nitrogen and oxygen atoms in total. The third-order valence-corrected chi connectivity index (χ3v) is 3.41. The van der Waals surface area contributed by atoms with Crippen molar-refractivity contribution in [3.63, 3.8) is 0 Å². The van der Waals surface area contributed by atoms with Crippen LogP contribution in [0.15, 0.2) is 51.9 Å². The van der Waals surface area contributed by atoms with Gasteiger partial charge in [0.05, 0.1) is 26.2 Å². The second-order valence-electron chi connectivity index (χ2n) is 4.99. The van der Waals surface area contributed by atoms with Crippen molar-refractivity contribution in [2.45, 2.75) is 0 Å². The molecule has 0 aliphatic heterocycles. The minimum absolute atomic E-state index is 0.0371. The van der Waals surface area contributed by atoms with Crippen LogP contribution in [0.1, 0.15) is 10.5 Å². The summed E-state index contributed by atoms with van der Waals surface area (Å²) in [6, 6.07) is 9.71. The molecule has 0 aliphatic rings. The zero-order chi connectivity index (χ0) is 17.8. The van der Waals surface area contributed by atoms with Gasteiger partial charge in [0.25, 0.3) is 5.91 Å². The van der Waals surface area contributed by atoms with E-state index in [2.05, 4.69) is 15.3 Å². The number of hydrogen-bond donors (Lipinski definition) is 2. The fourth-order valence-corrected chi connectivity index (χ4v) is 2.25. The smallest absolute Gasteiger partial charge is 0.346 e. The van der Waals surface area contributed by atoms with Crippen LogP contribution < -0.4 is 20.5 Å². The fraction of sp³-hybridized carbons (Fsp3) is 0.118. The zero-order valence-electron chi connectivity index (χ0n) is 13.5. The molecule has 0 spiro atoms. The molecule has 1 amide bonds. The molecule has 2 N–H and O–H groups in total. The van der Waals surface area contributed by atoms with Crippen LogP contribution in [-0.4, -0.2) is 30.1 Å². The standard InChI is InChI=1S/C17H15N3O5/c1-23-14-6-5-10(8-15(14)24-2)18-16(21)12-9-11(19-17(22)20-12)13-4-3-7-25-13/h3-9H,1-2H3,(H,18,21)(H,19,20,22). The summed E-state index contributed by atoms with van der Waals surface area (Å²) in [5.74, 6) is 0.899. The van der Waals surface area contributed by atoms with Gasteiger partial charge in [0.2, 0.25) is 0 Å². The van der Waals surface area contributed by atoms with Crippen molar-refractivity contribution in [2.75, 3.05) is 19.5 Å². The van der Waals surface area contributed by atoms with Gasteiger partial charge in [-0.3, -0.25) is 4.79 Å². The lowest BCUT2D eigenvalue weighted by Crippen LogP contribution is -2.21. The van der Waals surface area contributed by atoms with E-state index in [-0.39, 0.29) is 5.69 Å². The molecule has 0 aliphatic carbocycles. The van der Waals surface area contributed by atoms with E-state index in [4.69, 9.17) is 13.9 Å². The van der Waals surface area contributed by atoms with Gasteiger partial charge in [0.15, 0.2) is 11.5 Å². The summed E-state index contributed by atoms with van der Waals surface area (Å²) < 4.78 is 15.6. The second-order valence-corrected chi connectivity index (χ2v) is 4.99. The number of ether oxygens (including phenoxy) is 2. The Bertz CT molecular complexity index is 947. The average Bonchev–Trinajstić information content (AvgIpc) is 3.15. The topological polar surface area (TPSA) is 106 Å². The van der Waals surface area contributed by atoms with Crippen molar-refractivity contribution in [3.8, 4) is 23.0 Å². The van der Waals surface area contributed by atoms with Gasteiger partial charge >= 0.3 is 5.69 Å². The van der Waals surface area contributed by atoms with Gasteiger partial charge in [-0.15, -0.1) is 0 Å². The first kappa shape index (κ1) is 16.3. The molecule has 0 fully saturated rings. The Labute approximate surface area is 142 Å². The highest BCUT2D eigenvalue weighted by Crippen LogP contribution is 2.29. The van der Waals surface area contributed by atoms with Gasteiger partial charge in [-0.25, -0.2) is 4.79 Å². The van der Waals surface area contributed by atoms with Gasteiger partial charge in [0, 0.05) is 11.8 Å². The Morgan fingerprint density at radius 3 is 2.64 bits per heavy atom. The number of carbonyl (C=O) groups excluding carboxylic acids is 1. The fourth-order valence-electron chi connectivity index (χ4n) is 2.25. The number of benzene rings is 1. The predicted molar refractivity (Wildman–Crippen MR) is 90.1 cm³/mol. The highest BCUT2D eigenvalue weighted by atomic mass is 16.5. The van der Waals surface area contributed by atoms with Crippen molar-refractivity contribution in [2.24, 2.45) is 0 Å². The van der Waals surface area contributed by atoms with E-state index in [9.17, 15) is 9.59 Å². The minimum atomic E-state index is -0.647. The number of aromatic nitrogens is 2. The van der Waals surface area contributed by atoms with Gasteiger partial charge in [-0.1, -0.05) is 0 Å². The third-order valence-electron chi connectivity index (χ3n) is 3.41. The lowest BCUT2D eigenvalue weighted by molar-refractivity contribution is 0.102. The average molecular weight is 341 g/mol. The van der Waals surface area contributed by atoms with Gasteiger partial charge in [-0.05, 0) is 30.3 Å². The largest absolute Gasteiger partial charge is 0.493 e. The van der Waals surface area contributed by atoms with Gasteiger partial charge in [-0.2, -0.15) is 4.98 Å². The Hall–Kier alpha value is -3.55. The Balaban J connectivity index is 1.88. The summed E-state index contributed by atoms with van der Waals surface area (Å²) in [4.78, 5) is 30.4. The molecule has 0 radical (unpaired) electrons. The molecule has 25 heavy (non-hydrogen) atoms. The number of rotatable bonds is 5. The maximum absolute atomic E-state index is 12.4.